The molecule has 0 atom stereocenters. The van der Waals surface area contributed by atoms with E-state index in [1.165, 1.54) is 6.07 Å². The third-order valence-corrected chi connectivity index (χ3v) is 4.08. The number of fused-ring (bicyclic) bond motifs is 1. The number of H-pyrrole nitrogens is 1. The van der Waals surface area contributed by atoms with Crippen LogP contribution in [0.15, 0.2) is 53.3 Å². The Balaban J connectivity index is 1.94. The van der Waals surface area contributed by atoms with Gasteiger partial charge in [0.25, 0.3) is 0 Å². The Morgan fingerprint density at radius 2 is 1.83 bits per heavy atom. The summed E-state index contributed by atoms with van der Waals surface area (Å²) in [6.07, 6.45) is 0. The highest BCUT2D eigenvalue weighted by Crippen LogP contribution is 2.32. The Labute approximate surface area is 133 Å². The number of pyridine rings is 2. The van der Waals surface area contributed by atoms with Gasteiger partial charge in [-0.1, -0.05) is 30.3 Å². The van der Waals surface area contributed by atoms with Crippen molar-refractivity contribution >= 4 is 16.9 Å². The quantitative estimate of drug-likeness (QED) is 0.790. The summed E-state index contributed by atoms with van der Waals surface area (Å²) >= 11 is 0. The predicted molar refractivity (Wildman–Crippen MR) is 90.8 cm³/mol. The van der Waals surface area contributed by atoms with Crippen LogP contribution >= 0.6 is 0 Å². The number of aromatic nitrogens is 2. The van der Waals surface area contributed by atoms with E-state index in [4.69, 9.17) is 9.72 Å². The molecule has 0 bridgehead atoms. The van der Waals surface area contributed by atoms with Gasteiger partial charge < -0.3 is 14.6 Å². The third-order valence-electron chi connectivity index (χ3n) is 4.08. The zero-order valence-electron chi connectivity index (χ0n) is 12.7. The maximum absolute atomic E-state index is 11.6. The number of benzene rings is 1. The second kappa shape index (κ2) is 5.85. The molecule has 1 aliphatic rings. The highest BCUT2D eigenvalue weighted by molar-refractivity contribution is 5.87. The highest BCUT2D eigenvalue weighted by atomic mass is 16.5. The van der Waals surface area contributed by atoms with Crippen molar-refractivity contribution in [2.45, 2.75) is 0 Å². The molecule has 0 amide bonds. The van der Waals surface area contributed by atoms with Crippen LogP contribution in [-0.2, 0) is 4.74 Å². The van der Waals surface area contributed by atoms with Crippen LogP contribution in [0.2, 0.25) is 0 Å². The standard InChI is InChI=1S/C18H17N3O2/c22-16-7-6-14-12-15(13-4-2-1-3-5-13)18(20-17(14)19-16)21-8-10-23-11-9-21/h1-7,12H,8-11H2,(H,19,20,22). The van der Waals surface area contributed by atoms with Gasteiger partial charge in [-0.25, -0.2) is 4.98 Å². The van der Waals surface area contributed by atoms with E-state index >= 15 is 0 Å². The summed E-state index contributed by atoms with van der Waals surface area (Å²) in [6.45, 7) is 2.99. The summed E-state index contributed by atoms with van der Waals surface area (Å²) < 4.78 is 5.45. The van der Waals surface area contributed by atoms with Crippen molar-refractivity contribution in [3.8, 4) is 11.1 Å². The van der Waals surface area contributed by atoms with Crippen molar-refractivity contribution in [1.82, 2.24) is 9.97 Å². The molecule has 4 rings (SSSR count). The number of hydrogen-bond donors (Lipinski definition) is 1. The van der Waals surface area contributed by atoms with E-state index in [9.17, 15) is 4.79 Å². The molecule has 1 N–H and O–H groups in total. The molecular weight excluding hydrogens is 290 g/mol. The summed E-state index contributed by atoms with van der Waals surface area (Å²) in [6, 6.07) is 15.7. The number of nitrogens with zero attached hydrogens (tertiary/aromatic N) is 2. The molecule has 2 aromatic heterocycles. The maximum atomic E-state index is 11.6. The second-order valence-corrected chi connectivity index (χ2v) is 5.59. The molecular formula is C18H17N3O2. The normalized spacial score (nSPS) is 15.0. The fourth-order valence-corrected chi connectivity index (χ4v) is 2.92. The summed E-state index contributed by atoms with van der Waals surface area (Å²) in [7, 11) is 0. The second-order valence-electron chi connectivity index (χ2n) is 5.59. The minimum absolute atomic E-state index is 0.134. The number of rotatable bonds is 2. The minimum Gasteiger partial charge on any atom is -0.378 e. The summed E-state index contributed by atoms with van der Waals surface area (Å²) in [5, 5.41) is 0.931. The maximum Gasteiger partial charge on any atom is 0.249 e. The smallest absolute Gasteiger partial charge is 0.249 e. The average molecular weight is 307 g/mol. The molecule has 0 spiro atoms. The first kappa shape index (κ1) is 14.0. The van der Waals surface area contributed by atoms with Crippen LogP contribution in [0.25, 0.3) is 22.2 Å². The number of ether oxygens (including phenoxy) is 1. The van der Waals surface area contributed by atoms with Gasteiger partial charge in [0, 0.05) is 30.1 Å². The molecule has 5 heteroatoms. The molecule has 116 valence electrons. The molecule has 0 unspecified atom stereocenters. The van der Waals surface area contributed by atoms with Gasteiger partial charge >= 0.3 is 0 Å². The lowest BCUT2D eigenvalue weighted by Gasteiger charge is -2.29. The first-order valence-corrected chi connectivity index (χ1v) is 7.73. The minimum atomic E-state index is -0.134. The Morgan fingerprint density at radius 3 is 2.61 bits per heavy atom. The molecule has 0 radical (unpaired) electrons. The largest absolute Gasteiger partial charge is 0.378 e. The summed E-state index contributed by atoms with van der Waals surface area (Å²) in [5.41, 5.74) is 2.69. The Bertz CT molecular complexity index is 884. The molecule has 0 aliphatic carbocycles. The van der Waals surface area contributed by atoms with Gasteiger partial charge in [-0.05, 0) is 17.7 Å². The van der Waals surface area contributed by atoms with Gasteiger partial charge in [-0.2, -0.15) is 0 Å². The van der Waals surface area contributed by atoms with Crippen molar-refractivity contribution < 1.29 is 4.74 Å². The van der Waals surface area contributed by atoms with E-state index in [1.54, 1.807) is 0 Å². The van der Waals surface area contributed by atoms with E-state index in [1.807, 2.05) is 24.3 Å². The van der Waals surface area contributed by atoms with Gasteiger partial charge in [0.15, 0.2) is 0 Å². The van der Waals surface area contributed by atoms with Gasteiger partial charge in [0.05, 0.1) is 13.2 Å². The van der Waals surface area contributed by atoms with Crippen LogP contribution in [0.4, 0.5) is 5.82 Å². The van der Waals surface area contributed by atoms with E-state index in [0.29, 0.717) is 18.9 Å². The van der Waals surface area contributed by atoms with Gasteiger partial charge in [-0.15, -0.1) is 0 Å². The van der Waals surface area contributed by atoms with Crippen LogP contribution in [-0.4, -0.2) is 36.3 Å². The van der Waals surface area contributed by atoms with Crippen molar-refractivity contribution in [1.29, 1.82) is 0 Å². The van der Waals surface area contributed by atoms with Crippen LogP contribution in [0, 0.1) is 0 Å². The van der Waals surface area contributed by atoms with Gasteiger partial charge in [-0.3, -0.25) is 4.79 Å². The fraction of sp³-hybridized carbons (Fsp3) is 0.222. The predicted octanol–water partition coefficient (Wildman–Crippen LogP) is 2.43. The molecule has 0 saturated carbocycles. The van der Waals surface area contributed by atoms with Crippen molar-refractivity contribution in [2.75, 3.05) is 31.2 Å². The lowest BCUT2D eigenvalue weighted by Crippen LogP contribution is -2.37. The van der Waals surface area contributed by atoms with E-state index in [0.717, 1.165) is 35.4 Å². The first-order chi connectivity index (χ1) is 11.3. The highest BCUT2D eigenvalue weighted by Gasteiger charge is 2.18. The number of hydrogen-bond acceptors (Lipinski definition) is 4. The lowest BCUT2D eigenvalue weighted by molar-refractivity contribution is 0.122. The van der Waals surface area contributed by atoms with Crippen LogP contribution in [0.3, 0.4) is 0 Å². The third kappa shape index (κ3) is 2.71. The first-order valence-electron chi connectivity index (χ1n) is 7.73. The number of morpholine rings is 1. The molecule has 5 nitrogen and oxygen atoms in total. The van der Waals surface area contributed by atoms with Gasteiger partial charge in [0.1, 0.15) is 11.5 Å². The SMILES string of the molecule is O=c1ccc2cc(-c3ccccc3)c(N3CCOCC3)nc2[nH]1. The molecule has 3 heterocycles. The van der Waals surface area contributed by atoms with E-state index in [2.05, 4.69) is 28.1 Å². The Morgan fingerprint density at radius 1 is 1.04 bits per heavy atom. The average Bonchev–Trinajstić information content (AvgIpc) is 2.62. The summed E-state index contributed by atoms with van der Waals surface area (Å²) in [4.78, 5) is 21.4. The van der Waals surface area contributed by atoms with Crippen molar-refractivity contribution in [3.63, 3.8) is 0 Å². The number of nitrogens with one attached hydrogen (secondary N) is 1. The lowest BCUT2D eigenvalue weighted by atomic mass is 10.0. The molecule has 1 fully saturated rings. The van der Waals surface area contributed by atoms with Crippen LogP contribution in [0.5, 0.6) is 0 Å². The fourth-order valence-electron chi connectivity index (χ4n) is 2.92. The van der Waals surface area contributed by atoms with Crippen LogP contribution < -0.4 is 10.5 Å². The molecule has 1 aliphatic heterocycles. The number of anilines is 1. The Kier molecular flexibility index (Phi) is 3.55. The molecule has 1 saturated heterocycles. The van der Waals surface area contributed by atoms with Crippen molar-refractivity contribution in [2.24, 2.45) is 0 Å². The van der Waals surface area contributed by atoms with Crippen LogP contribution in [0.1, 0.15) is 0 Å². The van der Waals surface area contributed by atoms with Crippen molar-refractivity contribution in [3.05, 3.63) is 58.9 Å². The summed E-state index contributed by atoms with van der Waals surface area (Å²) in [5.74, 6) is 0.897. The molecule has 3 aromatic rings. The number of aromatic amines is 1. The van der Waals surface area contributed by atoms with E-state index < -0.39 is 0 Å². The monoisotopic (exact) mass is 307 g/mol. The topological polar surface area (TPSA) is 58.2 Å². The van der Waals surface area contributed by atoms with E-state index in [-0.39, 0.29) is 5.56 Å². The molecule has 23 heavy (non-hydrogen) atoms. The Hall–Kier alpha value is -2.66. The molecule has 1 aromatic carbocycles. The zero-order valence-corrected chi connectivity index (χ0v) is 12.7. The zero-order chi connectivity index (χ0) is 15.6. The van der Waals surface area contributed by atoms with Gasteiger partial charge in [0.2, 0.25) is 5.56 Å².